The van der Waals surface area contributed by atoms with Crippen molar-refractivity contribution in [3.8, 4) is 0 Å². The largest absolute Gasteiger partial charge is 0.480 e. The molecule has 0 fully saturated rings. The minimum atomic E-state index is -0.810. The van der Waals surface area contributed by atoms with Gasteiger partial charge in [0, 0.05) is 15.5 Å². The van der Waals surface area contributed by atoms with Crippen molar-refractivity contribution in [2.24, 2.45) is 5.92 Å². The molecule has 1 aromatic rings. The predicted molar refractivity (Wildman–Crippen MR) is 79.7 cm³/mol. The molecule has 3 nitrogen and oxygen atoms in total. The summed E-state index contributed by atoms with van der Waals surface area (Å²) in [7, 11) is 0. The van der Waals surface area contributed by atoms with E-state index in [0.717, 1.165) is 20.1 Å². The van der Waals surface area contributed by atoms with Crippen LogP contribution in [-0.2, 0) is 11.3 Å². The SMILES string of the molecule is Cc1c(Br)cc(CN[C@@H](C(=O)O)C(C)C)cc1Br. The highest BCUT2D eigenvalue weighted by Crippen LogP contribution is 2.26. The van der Waals surface area contributed by atoms with Crippen molar-refractivity contribution >= 4 is 37.8 Å². The molecular formula is C13H17Br2NO2. The van der Waals surface area contributed by atoms with E-state index in [1.54, 1.807) is 0 Å². The molecule has 0 spiro atoms. The molecule has 1 aromatic carbocycles. The zero-order chi connectivity index (χ0) is 13.9. The molecule has 1 rings (SSSR count). The summed E-state index contributed by atoms with van der Waals surface area (Å²) in [6.07, 6.45) is 0. The van der Waals surface area contributed by atoms with Gasteiger partial charge in [0.1, 0.15) is 6.04 Å². The lowest BCUT2D eigenvalue weighted by Gasteiger charge is -2.18. The summed E-state index contributed by atoms with van der Waals surface area (Å²) in [5.41, 5.74) is 2.18. The Kier molecular flexibility index (Phi) is 5.82. The fourth-order valence-electron chi connectivity index (χ4n) is 1.64. The Labute approximate surface area is 124 Å². The zero-order valence-electron chi connectivity index (χ0n) is 10.6. The van der Waals surface area contributed by atoms with Crippen LogP contribution >= 0.6 is 31.9 Å². The summed E-state index contributed by atoms with van der Waals surface area (Å²) >= 11 is 6.98. The Balaban J connectivity index is 2.77. The summed E-state index contributed by atoms with van der Waals surface area (Å²) in [4.78, 5) is 11.1. The van der Waals surface area contributed by atoms with Gasteiger partial charge >= 0.3 is 5.97 Å². The van der Waals surface area contributed by atoms with E-state index in [-0.39, 0.29) is 5.92 Å². The van der Waals surface area contributed by atoms with Gasteiger partial charge in [0.05, 0.1) is 0 Å². The number of carboxylic acids is 1. The van der Waals surface area contributed by atoms with Crippen molar-refractivity contribution in [2.75, 3.05) is 0 Å². The molecule has 0 unspecified atom stereocenters. The number of hydrogen-bond donors (Lipinski definition) is 2. The average molecular weight is 379 g/mol. The highest BCUT2D eigenvalue weighted by Gasteiger charge is 2.20. The average Bonchev–Trinajstić information content (AvgIpc) is 2.24. The van der Waals surface area contributed by atoms with Gasteiger partial charge in [0.2, 0.25) is 0 Å². The van der Waals surface area contributed by atoms with Crippen LogP contribution < -0.4 is 5.32 Å². The molecule has 0 radical (unpaired) electrons. The summed E-state index contributed by atoms with van der Waals surface area (Å²) in [5, 5.41) is 12.2. The first kappa shape index (κ1) is 15.7. The van der Waals surface area contributed by atoms with E-state index < -0.39 is 12.0 Å². The Morgan fingerprint density at radius 3 is 2.22 bits per heavy atom. The van der Waals surface area contributed by atoms with E-state index in [1.165, 1.54) is 0 Å². The number of rotatable bonds is 5. The van der Waals surface area contributed by atoms with Crippen molar-refractivity contribution in [3.63, 3.8) is 0 Å². The topological polar surface area (TPSA) is 49.3 Å². The summed E-state index contributed by atoms with van der Waals surface area (Å²) in [6.45, 7) is 6.34. The van der Waals surface area contributed by atoms with Crippen molar-refractivity contribution in [3.05, 3.63) is 32.2 Å². The Morgan fingerprint density at radius 2 is 1.83 bits per heavy atom. The van der Waals surface area contributed by atoms with Crippen molar-refractivity contribution in [2.45, 2.75) is 33.4 Å². The van der Waals surface area contributed by atoms with Crippen molar-refractivity contribution < 1.29 is 9.90 Å². The fourth-order valence-corrected chi connectivity index (χ4v) is 2.92. The van der Waals surface area contributed by atoms with E-state index in [1.807, 2.05) is 32.9 Å². The molecule has 0 amide bonds. The molecule has 0 aliphatic carbocycles. The van der Waals surface area contributed by atoms with E-state index in [4.69, 9.17) is 5.11 Å². The van der Waals surface area contributed by atoms with Crippen LogP contribution in [0.4, 0.5) is 0 Å². The van der Waals surface area contributed by atoms with Crippen LogP contribution in [0.25, 0.3) is 0 Å². The lowest BCUT2D eigenvalue weighted by atomic mass is 10.0. The van der Waals surface area contributed by atoms with Gasteiger partial charge in [0.15, 0.2) is 0 Å². The van der Waals surface area contributed by atoms with Crippen LogP contribution in [0.1, 0.15) is 25.0 Å². The second-order valence-corrected chi connectivity index (χ2v) is 6.33. The van der Waals surface area contributed by atoms with Crippen LogP contribution in [0.3, 0.4) is 0 Å². The second kappa shape index (κ2) is 6.68. The number of halogens is 2. The molecule has 0 saturated heterocycles. The van der Waals surface area contributed by atoms with Gasteiger partial charge in [-0.3, -0.25) is 4.79 Å². The summed E-state index contributed by atoms with van der Waals surface area (Å²) in [5.74, 6) is -0.755. The smallest absolute Gasteiger partial charge is 0.320 e. The normalized spacial score (nSPS) is 12.8. The highest BCUT2D eigenvalue weighted by molar-refractivity contribution is 9.11. The maximum atomic E-state index is 11.1. The number of hydrogen-bond acceptors (Lipinski definition) is 2. The fraction of sp³-hybridized carbons (Fsp3) is 0.462. The van der Waals surface area contributed by atoms with Gasteiger partial charge in [-0.05, 0) is 36.1 Å². The molecule has 100 valence electrons. The molecule has 2 N–H and O–H groups in total. The maximum absolute atomic E-state index is 11.1. The molecule has 0 bridgehead atoms. The standard InChI is InChI=1S/C13H17Br2NO2/c1-7(2)12(13(17)18)16-6-9-4-10(14)8(3)11(15)5-9/h4-5,7,12,16H,6H2,1-3H3,(H,17,18)/t12-/m1/s1. The van der Waals surface area contributed by atoms with Crippen molar-refractivity contribution in [1.29, 1.82) is 0 Å². The predicted octanol–water partition coefficient (Wildman–Crippen LogP) is 3.72. The van der Waals surface area contributed by atoms with E-state index in [2.05, 4.69) is 37.2 Å². The molecule has 18 heavy (non-hydrogen) atoms. The first-order chi connectivity index (χ1) is 8.32. The molecule has 0 aliphatic heterocycles. The van der Waals surface area contributed by atoms with Gasteiger partial charge in [-0.1, -0.05) is 45.7 Å². The van der Waals surface area contributed by atoms with Crippen LogP contribution in [-0.4, -0.2) is 17.1 Å². The minimum absolute atomic E-state index is 0.0554. The van der Waals surface area contributed by atoms with E-state index in [0.29, 0.717) is 6.54 Å². The zero-order valence-corrected chi connectivity index (χ0v) is 13.8. The van der Waals surface area contributed by atoms with Crippen LogP contribution in [0.15, 0.2) is 21.1 Å². The number of carbonyl (C=O) groups is 1. The lowest BCUT2D eigenvalue weighted by molar-refractivity contribution is -0.140. The quantitative estimate of drug-likeness (QED) is 0.820. The molecule has 0 aromatic heterocycles. The molecule has 0 saturated carbocycles. The summed E-state index contributed by atoms with van der Waals surface area (Å²) in [6, 6.07) is 3.49. The van der Waals surface area contributed by atoms with Gasteiger partial charge in [-0.15, -0.1) is 0 Å². The molecule has 0 aliphatic rings. The monoisotopic (exact) mass is 377 g/mol. The first-order valence-corrected chi connectivity index (χ1v) is 7.32. The Morgan fingerprint density at radius 1 is 1.33 bits per heavy atom. The molecule has 1 atom stereocenters. The maximum Gasteiger partial charge on any atom is 0.320 e. The lowest BCUT2D eigenvalue weighted by Crippen LogP contribution is -2.40. The molecule has 0 heterocycles. The second-order valence-electron chi connectivity index (χ2n) is 4.63. The number of nitrogens with one attached hydrogen (secondary N) is 1. The third kappa shape index (κ3) is 4.07. The Hall–Kier alpha value is -0.390. The van der Waals surface area contributed by atoms with Gasteiger partial charge in [0.25, 0.3) is 0 Å². The van der Waals surface area contributed by atoms with Gasteiger partial charge in [-0.25, -0.2) is 0 Å². The number of aliphatic carboxylic acids is 1. The van der Waals surface area contributed by atoms with Crippen molar-refractivity contribution in [1.82, 2.24) is 5.32 Å². The van der Waals surface area contributed by atoms with Gasteiger partial charge in [-0.2, -0.15) is 0 Å². The number of benzene rings is 1. The van der Waals surface area contributed by atoms with E-state index >= 15 is 0 Å². The molecule has 5 heteroatoms. The highest BCUT2D eigenvalue weighted by atomic mass is 79.9. The minimum Gasteiger partial charge on any atom is -0.480 e. The third-order valence-corrected chi connectivity index (χ3v) is 4.45. The number of carboxylic acid groups (broad SMARTS) is 1. The first-order valence-electron chi connectivity index (χ1n) is 5.73. The van der Waals surface area contributed by atoms with Crippen LogP contribution in [0, 0.1) is 12.8 Å². The van der Waals surface area contributed by atoms with Crippen LogP contribution in [0.5, 0.6) is 0 Å². The Bertz CT molecular complexity index is 424. The molecular weight excluding hydrogens is 362 g/mol. The van der Waals surface area contributed by atoms with E-state index in [9.17, 15) is 4.79 Å². The van der Waals surface area contributed by atoms with Gasteiger partial charge < -0.3 is 10.4 Å². The van der Waals surface area contributed by atoms with Crippen LogP contribution in [0.2, 0.25) is 0 Å². The third-order valence-electron chi connectivity index (χ3n) is 2.80. The summed E-state index contributed by atoms with van der Waals surface area (Å²) < 4.78 is 2.04.